The third-order valence-corrected chi connectivity index (χ3v) is 5.07. The first kappa shape index (κ1) is 16.3. The molecule has 0 spiro atoms. The number of unbranched alkanes of at least 4 members (excludes halogenated alkanes) is 1. The Balaban J connectivity index is 1.47. The van der Waals surface area contributed by atoms with Crippen molar-refractivity contribution < 1.29 is 5.11 Å². The quantitative estimate of drug-likeness (QED) is 0.827. The van der Waals surface area contributed by atoms with Crippen molar-refractivity contribution in [3.05, 3.63) is 42.0 Å². The molecule has 0 bridgehead atoms. The molecule has 0 saturated carbocycles. The van der Waals surface area contributed by atoms with E-state index in [2.05, 4.69) is 34.9 Å². The van der Waals surface area contributed by atoms with Gasteiger partial charge in [0.1, 0.15) is 5.75 Å². The van der Waals surface area contributed by atoms with Crippen molar-refractivity contribution in [3.63, 3.8) is 0 Å². The van der Waals surface area contributed by atoms with Gasteiger partial charge in [0.2, 0.25) is 0 Å². The molecule has 0 atom stereocenters. The highest BCUT2D eigenvalue weighted by molar-refractivity contribution is 5.89. The van der Waals surface area contributed by atoms with Gasteiger partial charge in [-0.05, 0) is 43.3 Å². The molecular formula is C20H28N2O. The first-order valence-electron chi connectivity index (χ1n) is 8.92. The maximum atomic E-state index is 10.4. The summed E-state index contributed by atoms with van der Waals surface area (Å²) in [5.41, 5.74) is 1.08. The smallest absolute Gasteiger partial charge is 0.126 e. The Morgan fingerprint density at radius 1 is 0.913 bits per heavy atom. The molecule has 3 rings (SSSR count). The van der Waals surface area contributed by atoms with E-state index in [1.54, 1.807) is 0 Å². The molecule has 1 N–H and O–H groups in total. The van der Waals surface area contributed by atoms with Crippen molar-refractivity contribution in [2.45, 2.75) is 26.2 Å². The molecule has 1 saturated heterocycles. The number of piperazine rings is 1. The number of nitrogens with zero attached hydrogens (tertiary/aromatic N) is 2. The number of fused-ring (bicyclic) bond motifs is 1. The molecule has 2 aromatic carbocycles. The Morgan fingerprint density at radius 2 is 1.65 bits per heavy atom. The van der Waals surface area contributed by atoms with Crippen LogP contribution in [0.3, 0.4) is 0 Å². The van der Waals surface area contributed by atoms with Crippen molar-refractivity contribution in [3.8, 4) is 5.75 Å². The summed E-state index contributed by atoms with van der Waals surface area (Å²) >= 11 is 0. The van der Waals surface area contributed by atoms with Gasteiger partial charge in [-0.25, -0.2) is 0 Å². The zero-order valence-electron chi connectivity index (χ0n) is 14.2. The van der Waals surface area contributed by atoms with Crippen LogP contribution in [0.2, 0.25) is 0 Å². The summed E-state index contributed by atoms with van der Waals surface area (Å²) in [7, 11) is 0. The van der Waals surface area contributed by atoms with Crippen molar-refractivity contribution in [2.75, 3.05) is 39.3 Å². The predicted octanol–water partition coefficient (Wildman–Crippen LogP) is 3.51. The molecule has 1 aliphatic heterocycles. The maximum Gasteiger partial charge on any atom is 0.126 e. The maximum absolute atomic E-state index is 10.4. The second-order valence-electron chi connectivity index (χ2n) is 6.53. The van der Waals surface area contributed by atoms with Crippen LogP contribution in [0.4, 0.5) is 0 Å². The summed E-state index contributed by atoms with van der Waals surface area (Å²) in [5.74, 6) is 0.472. The molecule has 23 heavy (non-hydrogen) atoms. The number of hydrogen-bond acceptors (Lipinski definition) is 3. The minimum absolute atomic E-state index is 0.472. The minimum Gasteiger partial charge on any atom is -0.507 e. The lowest BCUT2D eigenvalue weighted by atomic mass is 10.0. The lowest BCUT2D eigenvalue weighted by Crippen LogP contribution is -2.46. The van der Waals surface area contributed by atoms with Gasteiger partial charge in [0.15, 0.2) is 0 Å². The molecule has 0 amide bonds. The molecule has 1 aliphatic rings. The topological polar surface area (TPSA) is 26.7 Å². The number of phenolic OH excluding ortho intramolecular Hbond substituents is 1. The molecule has 0 radical (unpaired) electrons. The Kier molecular flexibility index (Phi) is 5.52. The van der Waals surface area contributed by atoms with E-state index in [1.807, 2.05) is 18.2 Å². The van der Waals surface area contributed by atoms with Gasteiger partial charge in [-0.15, -0.1) is 0 Å². The van der Waals surface area contributed by atoms with Crippen LogP contribution in [-0.2, 0) is 6.42 Å². The average Bonchev–Trinajstić information content (AvgIpc) is 2.61. The van der Waals surface area contributed by atoms with Crippen LogP contribution in [0, 0.1) is 0 Å². The number of aryl methyl sites for hydroxylation is 1. The number of aromatic hydroxyl groups is 1. The molecule has 1 heterocycles. The molecule has 3 nitrogen and oxygen atoms in total. The molecule has 0 aliphatic carbocycles. The van der Waals surface area contributed by atoms with Crippen LogP contribution < -0.4 is 0 Å². The zero-order valence-corrected chi connectivity index (χ0v) is 14.2. The molecule has 1 fully saturated rings. The minimum atomic E-state index is 0.472. The summed E-state index contributed by atoms with van der Waals surface area (Å²) in [4.78, 5) is 5.09. The van der Waals surface area contributed by atoms with E-state index in [4.69, 9.17) is 0 Å². The highest BCUT2D eigenvalue weighted by Crippen LogP contribution is 2.29. The third-order valence-electron chi connectivity index (χ3n) is 5.07. The van der Waals surface area contributed by atoms with Crippen LogP contribution in [0.15, 0.2) is 36.4 Å². The second kappa shape index (κ2) is 7.80. The SMILES string of the molecule is CCN1CCN(CCCCc2ccc3ccccc3c2O)CC1. The largest absolute Gasteiger partial charge is 0.507 e. The Bertz CT molecular complexity index is 633. The number of hydrogen-bond donors (Lipinski definition) is 1. The number of benzene rings is 2. The van der Waals surface area contributed by atoms with Crippen LogP contribution in [0.5, 0.6) is 5.75 Å². The average molecular weight is 312 g/mol. The monoisotopic (exact) mass is 312 g/mol. The molecular weight excluding hydrogens is 284 g/mol. The van der Waals surface area contributed by atoms with Crippen LogP contribution in [0.25, 0.3) is 10.8 Å². The molecule has 3 heteroatoms. The summed E-state index contributed by atoms with van der Waals surface area (Å²) in [6.45, 7) is 9.43. The van der Waals surface area contributed by atoms with Crippen molar-refractivity contribution in [1.29, 1.82) is 0 Å². The fourth-order valence-corrected chi connectivity index (χ4v) is 3.48. The van der Waals surface area contributed by atoms with Gasteiger partial charge in [-0.2, -0.15) is 0 Å². The van der Waals surface area contributed by atoms with E-state index in [0.29, 0.717) is 5.75 Å². The van der Waals surface area contributed by atoms with E-state index in [9.17, 15) is 5.11 Å². The standard InChI is InChI=1S/C20H28N2O/c1-2-21-13-15-22(16-14-21)12-6-5-8-18-11-10-17-7-3-4-9-19(17)20(18)23/h3-4,7,9-11,23H,2,5-6,8,12-16H2,1H3. The summed E-state index contributed by atoms with van der Waals surface area (Å²) in [6, 6.07) is 12.3. The lowest BCUT2D eigenvalue weighted by molar-refractivity contribution is 0.136. The zero-order chi connectivity index (χ0) is 16.1. The second-order valence-corrected chi connectivity index (χ2v) is 6.53. The molecule has 2 aromatic rings. The van der Waals surface area contributed by atoms with E-state index >= 15 is 0 Å². The predicted molar refractivity (Wildman–Crippen MR) is 97.1 cm³/mol. The highest BCUT2D eigenvalue weighted by Gasteiger charge is 2.14. The van der Waals surface area contributed by atoms with E-state index in [1.165, 1.54) is 45.7 Å². The molecule has 0 aromatic heterocycles. The van der Waals surface area contributed by atoms with Crippen LogP contribution >= 0.6 is 0 Å². The molecule has 124 valence electrons. The van der Waals surface area contributed by atoms with Gasteiger partial charge in [-0.3, -0.25) is 0 Å². The van der Waals surface area contributed by atoms with Gasteiger partial charge < -0.3 is 14.9 Å². The van der Waals surface area contributed by atoms with Crippen molar-refractivity contribution in [1.82, 2.24) is 9.80 Å². The summed E-state index contributed by atoms with van der Waals surface area (Å²) < 4.78 is 0. The number of rotatable bonds is 6. The highest BCUT2D eigenvalue weighted by atomic mass is 16.3. The van der Waals surface area contributed by atoms with Gasteiger partial charge >= 0.3 is 0 Å². The normalized spacial score (nSPS) is 16.9. The first-order chi connectivity index (χ1) is 11.3. The Labute approximate surface area is 139 Å². The summed E-state index contributed by atoms with van der Waals surface area (Å²) in [6.07, 6.45) is 3.31. The number of phenols is 1. The van der Waals surface area contributed by atoms with E-state index in [0.717, 1.165) is 29.2 Å². The first-order valence-corrected chi connectivity index (χ1v) is 8.92. The fraction of sp³-hybridized carbons (Fsp3) is 0.500. The van der Waals surface area contributed by atoms with E-state index in [-0.39, 0.29) is 0 Å². The van der Waals surface area contributed by atoms with Crippen LogP contribution in [0.1, 0.15) is 25.3 Å². The Hall–Kier alpha value is -1.58. The van der Waals surface area contributed by atoms with Gasteiger partial charge in [0, 0.05) is 31.6 Å². The molecule has 0 unspecified atom stereocenters. The van der Waals surface area contributed by atoms with Gasteiger partial charge in [0.25, 0.3) is 0 Å². The van der Waals surface area contributed by atoms with E-state index < -0.39 is 0 Å². The van der Waals surface area contributed by atoms with Crippen molar-refractivity contribution in [2.24, 2.45) is 0 Å². The van der Waals surface area contributed by atoms with Crippen molar-refractivity contribution >= 4 is 10.8 Å². The third kappa shape index (κ3) is 4.04. The number of likely N-dealkylation sites (N-methyl/N-ethyl adjacent to an activating group) is 1. The van der Waals surface area contributed by atoms with Gasteiger partial charge in [0.05, 0.1) is 0 Å². The summed E-state index contributed by atoms with van der Waals surface area (Å²) in [5, 5.41) is 12.5. The van der Waals surface area contributed by atoms with Crippen LogP contribution in [-0.4, -0.2) is 54.2 Å². The van der Waals surface area contributed by atoms with Gasteiger partial charge in [-0.1, -0.05) is 43.3 Å². The fourth-order valence-electron chi connectivity index (χ4n) is 3.48. The Morgan fingerprint density at radius 3 is 2.43 bits per heavy atom. The lowest BCUT2D eigenvalue weighted by Gasteiger charge is -2.34.